The van der Waals surface area contributed by atoms with E-state index in [0.717, 1.165) is 24.6 Å². The average molecular weight is 369 g/mol. The summed E-state index contributed by atoms with van der Waals surface area (Å²) in [5.41, 5.74) is 2.49. The van der Waals surface area contributed by atoms with Gasteiger partial charge in [-0.25, -0.2) is 9.98 Å². The maximum atomic E-state index is 6.23. The molecular formula is C23H32N2O2. The average Bonchev–Trinajstić information content (AvgIpc) is 3.30. The number of ether oxygens (including phenoxy) is 2. The Bertz CT molecular complexity index is 728. The third kappa shape index (κ3) is 3.17. The largest absolute Gasteiger partial charge is 0.478 e. The molecule has 4 heteroatoms. The normalized spacial score (nSPS) is 26.9. The standard InChI is InChI=1S/C23H32N2O2/c1-21(2,3)17-13-26-19(24-17)23(11-15-9-7-8-10-16(15)12-23)20-25-18(14-27-20)22(4,5)6/h7-10,17-18H,11-14H2,1-6H3/t17-,18-/m1/s1. The van der Waals surface area contributed by atoms with Crippen molar-refractivity contribution in [3.63, 3.8) is 0 Å². The first-order valence-electron chi connectivity index (χ1n) is 10.1. The summed E-state index contributed by atoms with van der Waals surface area (Å²) >= 11 is 0. The molecule has 2 atom stereocenters. The van der Waals surface area contributed by atoms with Gasteiger partial charge >= 0.3 is 0 Å². The van der Waals surface area contributed by atoms with Crippen molar-refractivity contribution >= 4 is 11.8 Å². The summed E-state index contributed by atoms with van der Waals surface area (Å²) in [7, 11) is 0. The van der Waals surface area contributed by atoms with E-state index in [9.17, 15) is 0 Å². The van der Waals surface area contributed by atoms with E-state index in [4.69, 9.17) is 19.5 Å². The Hall–Kier alpha value is -1.84. The van der Waals surface area contributed by atoms with Crippen molar-refractivity contribution in [1.82, 2.24) is 0 Å². The highest BCUT2D eigenvalue weighted by atomic mass is 16.5. The monoisotopic (exact) mass is 368 g/mol. The first-order chi connectivity index (χ1) is 12.6. The third-order valence-corrected chi connectivity index (χ3v) is 6.22. The van der Waals surface area contributed by atoms with Gasteiger partial charge < -0.3 is 9.47 Å². The lowest BCUT2D eigenvalue weighted by atomic mass is 9.83. The van der Waals surface area contributed by atoms with Crippen LogP contribution < -0.4 is 0 Å². The fourth-order valence-electron chi connectivity index (χ4n) is 4.17. The molecule has 0 radical (unpaired) electrons. The molecule has 0 saturated carbocycles. The Balaban J connectivity index is 1.75. The molecule has 1 aliphatic carbocycles. The van der Waals surface area contributed by atoms with Gasteiger partial charge in [0.1, 0.15) is 18.6 Å². The van der Waals surface area contributed by atoms with Crippen LogP contribution in [0.3, 0.4) is 0 Å². The minimum absolute atomic E-state index is 0.0840. The molecular weight excluding hydrogens is 336 g/mol. The summed E-state index contributed by atoms with van der Waals surface area (Å²) in [6.45, 7) is 14.6. The molecule has 0 unspecified atom stereocenters. The topological polar surface area (TPSA) is 43.2 Å². The fourth-order valence-corrected chi connectivity index (χ4v) is 4.17. The van der Waals surface area contributed by atoms with Crippen LogP contribution in [-0.4, -0.2) is 37.1 Å². The quantitative estimate of drug-likeness (QED) is 0.773. The van der Waals surface area contributed by atoms with Gasteiger partial charge in [-0.1, -0.05) is 65.8 Å². The zero-order chi connectivity index (χ0) is 19.4. The van der Waals surface area contributed by atoms with Crippen molar-refractivity contribution in [2.45, 2.75) is 66.5 Å². The minimum Gasteiger partial charge on any atom is -0.478 e. The lowest BCUT2D eigenvalue weighted by molar-refractivity contribution is 0.209. The Morgan fingerprint density at radius 2 is 1.19 bits per heavy atom. The molecule has 3 aliphatic rings. The molecule has 0 saturated heterocycles. The lowest BCUT2D eigenvalue weighted by Gasteiger charge is -2.27. The molecule has 1 aromatic carbocycles. The van der Waals surface area contributed by atoms with Crippen LogP contribution in [-0.2, 0) is 22.3 Å². The second-order valence-electron chi connectivity index (χ2n) is 10.5. The van der Waals surface area contributed by atoms with Gasteiger partial charge in [0.2, 0.25) is 0 Å². The van der Waals surface area contributed by atoms with Crippen molar-refractivity contribution in [3.05, 3.63) is 35.4 Å². The molecule has 0 aromatic heterocycles. The Kier molecular flexibility index (Phi) is 4.17. The molecule has 2 aliphatic heterocycles. The fraction of sp³-hybridized carbons (Fsp3) is 0.652. The number of hydrogen-bond acceptors (Lipinski definition) is 4. The van der Waals surface area contributed by atoms with Crippen LogP contribution in [0.2, 0.25) is 0 Å². The van der Waals surface area contributed by atoms with Gasteiger partial charge in [0.05, 0.1) is 12.1 Å². The van der Waals surface area contributed by atoms with Crippen molar-refractivity contribution in [2.75, 3.05) is 13.2 Å². The molecule has 146 valence electrons. The van der Waals surface area contributed by atoms with E-state index in [0.29, 0.717) is 13.2 Å². The Morgan fingerprint density at radius 1 is 0.778 bits per heavy atom. The van der Waals surface area contributed by atoms with Crippen molar-refractivity contribution in [3.8, 4) is 0 Å². The van der Waals surface area contributed by atoms with Gasteiger partial charge in [0, 0.05) is 0 Å². The lowest BCUT2D eigenvalue weighted by Crippen LogP contribution is -2.41. The van der Waals surface area contributed by atoms with Gasteiger partial charge in [-0.2, -0.15) is 0 Å². The van der Waals surface area contributed by atoms with Gasteiger partial charge in [-0.3, -0.25) is 0 Å². The highest BCUT2D eigenvalue weighted by molar-refractivity contribution is 6.07. The molecule has 1 aromatic rings. The minimum atomic E-state index is -0.385. The van der Waals surface area contributed by atoms with E-state index in [1.54, 1.807) is 0 Å². The summed E-state index contributed by atoms with van der Waals surface area (Å²) in [5, 5.41) is 0. The summed E-state index contributed by atoms with van der Waals surface area (Å²) in [6, 6.07) is 9.00. The van der Waals surface area contributed by atoms with Gasteiger partial charge in [-0.05, 0) is 34.8 Å². The maximum absolute atomic E-state index is 6.23. The number of fused-ring (bicyclic) bond motifs is 1. The molecule has 4 rings (SSSR count). The summed E-state index contributed by atoms with van der Waals surface area (Å²) in [4.78, 5) is 10.1. The second kappa shape index (κ2) is 6.08. The van der Waals surface area contributed by atoms with Crippen LogP contribution in [0, 0.1) is 16.2 Å². The van der Waals surface area contributed by atoms with E-state index in [1.165, 1.54) is 11.1 Å². The molecule has 2 heterocycles. The first kappa shape index (κ1) is 18.5. The van der Waals surface area contributed by atoms with E-state index in [-0.39, 0.29) is 28.3 Å². The summed E-state index contributed by atoms with van der Waals surface area (Å²) in [6.07, 6.45) is 1.71. The Morgan fingerprint density at radius 3 is 1.52 bits per heavy atom. The summed E-state index contributed by atoms with van der Waals surface area (Å²) in [5.74, 6) is 1.65. The molecule has 4 nitrogen and oxygen atoms in total. The molecule has 0 amide bonds. The molecule has 27 heavy (non-hydrogen) atoms. The van der Waals surface area contributed by atoms with Crippen molar-refractivity contribution in [1.29, 1.82) is 0 Å². The second-order valence-corrected chi connectivity index (χ2v) is 10.5. The van der Waals surface area contributed by atoms with Crippen LogP contribution in [0.1, 0.15) is 52.7 Å². The van der Waals surface area contributed by atoms with E-state index in [2.05, 4.69) is 65.8 Å². The molecule has 0 spiro atoms. The number of nitrogens with zero attached hydrogens (tertiary/aromatic N) is 2. The molecule has 0 fully saturated rings. The van der Waals surface area contributed by atoms with E-state index >= 15 is 0 Å². The highest BCUT2D eigenvalue weighted by Gasteiger charge is 2.53. The van der Waals surface area contributed by atoms with Crippen molar-refractivity contribution < 1.29 is 9.47 Å². The SMILES string of the molecule is CC(C)(C)[C@H]1COC(C2(C3=N[C@@H](C(C)(C)C)CO3)Cc3ccccc3C2)=N1. The van der Waals surface area contributed by atoms with Gasteiger partial charge in [0.15, 0.2) is 11.8 Å². The van der Waals surface area contributed by atoms with Crippen LogP contribution in [0.25, 0.3) is 0 Å². The summed E-state index contributed by atoms with van der Waals surface area (Å²) < 4.78 is 12.5. The van der Waals surface area contributed by atoms with Gasteiger partial charge in [-0.15, -0.1) is 0 Å². The highest BCUT2D eigenvalue weighted by Crippen LogP contribution is 2.45. The van der Waals surface area contributed by atoms with Crippen LogP contribution in [0.5, 0.6) is 0 Å². The van der Waals surface area contributed by atoms with Crippen LogP contribution >= 0.6 is 0 Å². The number of aliphatic imine (C=N–C) groups is 2. The van der Waals surface area contributed by atoms with Crippen LogP contribution in [0.4, 0.5) is 0 Å². The molecule has 0 N–H and O–H groups in total. The third-order valence-electron chi connectivity index (χ3n) is 6.22. The molecule has 0 bridgehead atoms. The predicted octanol–water partition coefficient (Wildman–Crippen LogP) is 4.46. The van der Waals surface area contributed by atoms with E-state index in [1.807, 2.05) is 0 Å². The first-order valence-corrected chi connectivity index (χ1v) is 10.1. The number of hydrogen-bond donors (Lipinski definition) is 0. The van der Waals surface area contributed by atoms with Gasteiger partial charge in [0.25, 0.3) is 0 Å². The van der Waals surface area contributed by atoms with Crippen molar-refractivity contribution in [2.24, 2.45) is 26.2 Å². The maximum Gasteiger partial charge on any atom is 0.200 e. The zero-order valence-corrected chi connectivity index (χ0v) is 17.5. The Labute approximate surface area is 163 Å². The number of rotatable bonds is 2. The smallest absolute Gasteiger partial charge is 0.200 e. The number of benzene rings is 1. The zero-order valence-electron chi connectivity index (χ0n) is 17.5. The van der Waals surface area contributed by atoms with Crippen LogP contribution in [0.15, 0.2) is 34.3 Å². The van der Waals surface area contributed by atoms with E-state index < -0.39 is 0 Å². The predicted molar refractivity (Wildman–Crippen MR) is 110 cm³/mol.